The number of nitrogens with one attached hydrogen (secondary N) is 2. The van der Waals surface area contributed by atoms with E-state index in [1.54, 1.807) is 0 Å². The van der Waals surface area contributed by atoms with Gasteiger partial charge in [-0.2, -0.15) is 0 Å². The molecule has 0 bridgehead atoms. The highest BCUT2D eigenvalue weighted by Gasteiger charge is 2.23. The van der Waals surface area contributed by atoms with Crippen LogP contribution in [-0.2, 0) is 4.79 Å². The van der Waals surface area contributed by atoms with Crippen LogP contribution in [0.4, 0.5) is 0 Å². The van der Waals surface area contributed by atoms with E-state index in [2.05, 4.69) is 38.3 Å². The van der Waals surface area contributed by atoms with Crippen molar-refractivity contribution < 1.29 is 4.79 Å². The second-order valence-corrected chi connectivity index (χ2v) is 6.98. The molecule has 1 atom stereocenters. The smallest absolute Gasteiger partial charge is 0.237 e. The van der Waals surface area contributed by atoms with E-state index in [4.69, 9.17) is 0 Å². The Morgan fingerprint density at radius 2 is 1.84 bits per heavy atom. The molecule has 2 N–H and O–H groups in total. The van der Waals surface area contributed by atoms with Crippen LogP contribution in [0.2, 0.25) is 0 Å². The summed E-state index contributed by atoms with van der Waals surface area (Å²) in [5, 5.41) is 6.50. The maximum atomic E-state index is 12.1. The van der Waals surface area contributed by atoms with Crippen molar-refractivity contribution in [2.75, 3.05) is 6.54 Å². The van der Waals surface area contributed by atoms with Gasteiger partial charge in [-0.1, -0.05) is 26.7 Å². The van der Waals surface area contributed by atoms with Crippen molar-refractivity contribution in [1.29, 1.82) is 0 Å². The van der Waals surface area contributed by atoms with Crippen molar-refractivity contribution in [3.63, 3.8) is 0 Å². The van der Waals surface area contributed by atoms with Gasteiger partial charge in [0.15, 0.2) is 0 Å². The van der Waals surface area contributed by atoms with Gasteiger partial charge in [-0.15, -0.1) is 0 Å². The van der Waals surface area contributed by atoms with Crippen LogP contribution in [0.5, 0.6) is 0 Å². The van der Waals surface area contributed by atoms with Crippen molar-refractivity contribution in [3.8, 4) is 0 Å². The van der Waals surface area contributed by atoms with Gasteiger partial charge in [0.1, 0.15) is 0 Å². The van der Waals surface area contributed by atoms with Gasteiger partial charge in [0, 0.05) is 5.54 Å². The maximum Gasteiger partial charge on any atom is 0.237 e. The minimum Gasteiger partial charge on any atom is -0.350 e. The third-order valence-corrected chi connectivity index (χ3v) is 4.59. The molecule has 0 radical (unpaired) electrons. The van der Waals surface area contributed by atoms with Gasteiger partial charge in [-0.3, -0.25) is 4.79 Å². The van der Waals surface area contributed by atoms with Gasteiger partial charge < -0.3 is 10.6 Å². The Morgan fingerprint density at radius 1 is 1.26 bits per heavy atom. The zero-order valence-corrected chi connectivity index (χ0v) is 13.4. The summed E-state index contributed by atoms with van der Waals surface area (Å²) in [4.78, 5) is 12.1. The Hall–Kier alpha value is -0.570. The molecular formula is C16H32N2O. The third kappa shape index (κ3) is 5.94. The van der Waals surface area contributed by atoms with E-state index in [1.165, 1.54) is 25.7 Å². The summed E-state index contributed by atoms with van der Waals surface area (Å²) in [6.45, 7) is 11.5. The summed E-state index contributed by atoms with van der Waals surface area (Å²) >= 11 is 0. The highest BCUT2D eigenvalue weighted by Crippen LogP contribution is 2.27. The van der Waals surface area contributed by atoms with E-state index in [-0.39, 0.29) is 17.5 Å². The molecule has 0 spiro atoms. The fourth-order valence-corrected chi connectivity index (χ4v) is 2.50. The topological polar surface area (TPSA) is 41.1 Å². The lowest BCUT2D eigenvalue weighted by Gasteiger charge is -2.29. The Kier molecular flexibility index (Phi) is 6.31. The van der Waals surface area contributed by atoms with E-state index in [0.717, 1.165) is 24.8 Å². The minimum absolute atomic E-state index is 0.0924. The second kappa shape index (κ2) is 7.28. The van der Waals surface area contributed by atoms with Crippen LogP contribution in [0.15, 0.2) is 0 Å². The number of carbonyl (C=O) groups excluding carboxylic acids is 1. The average Bonchev–Trinajstić information content (AvgIpc) is 2.37. The van der Waals surface area contributed by atoms with Crippen LogP contribution in [0.1, 0.15) is 66.7 Å². The molecule has 0 heterocycles. The van der Waals surface area contributed by atoms with E-state index in [1.807, 2.05) is 6.92 Å². The highest BCUT2D eigenvalue weighted by molar-refractivity contribution is 5.81. The van der Waals surface area contributed by atoms with Crippen LogP contribution in [0.3, 0.4) is 0 Å². The highest BCUT2D eigenvalue weighted by atomic mass is 16.2. The first-order chi connectivity index (χ1) is 8.84. The standard InChI is InChI=1S/C16H32N2O/c1-6-16(4,5)18-15(19)13(3)17-11-14-9-7-12(2)8-10-14/h12-14,17H,6-11H2,1-5H3,(H,18,19). The Bertz CT molecular complexity index is 280. The summed E-state index contributed by atoms with van der Waals surface area (Å²) in [5.41, 5.74) is -0.104. The first-order valence-electron chi connectivity index (χ1n) is 7.89. The predicted molar refractivity (Wildman–Crippen MR) is 81.1 cm³/mol. The van der Waals surface area contributed by atoms with E-state index in [9.17, 15) is 4.79 Å². The Morgan fingerprint density at radius 3 is 2.37 bits per heavy atom. The molecule has 1 unspecified atom stereocenters. The molecule has 19 heavy (non-hydrogen) atoms. The molecule has 0 aromatic carbocycles. The van der Waals surface area contributed by atoms with Crippen molar-refractivity contribution >= 4 is 5.91 Å². The van der Waals surface area contributed by atoms with E-state index >= 15 is 0 Å². The molecule has 1 amide bonds. The van der Waals surface area contributed by atoms with Crippen molar-refractivity contribution in [1.82, 2.24) is 10.6 Å². The number of carbonyl (C=O) groups is 1. The lowest BCUT2D eigenvalue weighted by atomic mass is 9.83. The van der Waals surface area contributed by atoms with Crippen LogP contribution in [0, 0.1) is 11.8 Å². The molecule has 3 nitrogen and oxygen atoms in total. The quantitative estimate of drug-likeness (QED) is 0.777. The second-order valence-electron chi connectivity index (χ2n) is 6.98. The number of rotatable bonds is 6. The molecule has 3 heteroatoms. The maximum absolute atomic E-state index is 12.1. The first-order valence-corrected chi connectivity index (χ1v) is 7.89. The summed E-state index contributed by atoms with van der Waals surface area (Å²) < 4.78 is 0. The molecule has 1 aliphatic rings. The van der Waals surface area contributed by atoms with E-state index in [0.29, 0.717) is 0 Å². The zero-order valence-electron chi connectivity index (χ0n) is 13.4. The lowest BCUT2D eigenvalue weighted by Crippen LogP contribution is -2.51. The first kappa shape index (κ1) is 16.5. The zero-order chi connectivity index (χ0) is 14.5. The molecule has 0 saturated heterocycles. The number of amides is 1. The molecule has 0 aromatic rings. The van der Waals surface area contributed by atoms with Gasteiger partial charge in [0.25, 0.3) is 0 Å². The summed E-state index contributed by atoms with van der Waals surface area (Å²) in [7, 11) is 0. The molecule has 1 aliphatic carbocycles. The Labute approximate surface area is 118 Å². The predicted octanol–water partition coefficient (Wildman–Crippen LogP) is 3.10. The van der Waals surface area contributed by atoms with Gasteiger partial charge in [0.2, 0.25) is 5.91 Å². The minimum atomic E-state index is -0.104. The third-order valence-electron chi connectivity index (χ3n) is 4.59. The summed E-state index contributed by atoms with van der Waals surface area (Å²) in [5.74, 6) is 1.77. The molecule has 0 aliphatic heterocycles. The van der Waals surface area contributed by atoms with Gasteiger partial charge in [-0.25, -0.2) is 0 Å². The molecule has 112 valence electrons. The molecule has 1 saturated carbocycles. The van der Waals surface area contributed by atoms with Crippen LogP contribution < -0.4 is 10.6 Å². The SMILES string of the molecule is CCC(C)(C)NC(=O)C(C)NCC1CCC(C)CC1. The monoisotopic (exact) mass is 268 g/mol. The van der Waals surface area contributed by atoms with Gasteiger partial charge in [0.05, 0.1) is 6.04 Å². The fourth-order valence-electron chi connectivity index (χ4n) is 2.50. The lowest BCUT2D eigenvalue weighted by molar-refractivity contribution is -0.124. The van der Waals surface area contributed by atoms with Crippen molar-refractivity contribution in [2.24, 2.45) is 11.8 Å². The molecule has 1 fully saturated rings. The largest absolute Gasteiger partial charge is 0.350 e. The van der Waals surface area contributed by atoms with E-state index < -0.39 is 0 Å². The van der Waals surface area contributed by atoms with Crippen LogP contribution in [-0.4, -0.2) is 24.0 Å². The molecular weight excluding hydrogens is 236 g/mol. The van der Waals surface area contributed by atoms with Gasteiger partial charge in [-0.05, 0) is 58.4 Å². The fraction of sp³-hybridized carbons (Fsp3) is 0.938. The average molecular weight is 268 g/mol. The summed E-state index contributed by atoms with van der Waals surface area (Å²) in [6, 6.07) is -0.0924. The Balaban J connectivity index is 2.27. The molecule has 1 rings (SSSR count). The van der Waals surface area contributed by atoms with Gasteiger partial charge >= 0.3 is 0 Å². The van der Waals surface area contributed by atoms with Crippen molar-refractivity contribution in [2.45, 2.75) is 78.3 Å². The van der Waals surface area contributed by atoms with Crippen LogP contribution >= 0.6 is 0 Å². The normalized spacial score (nSPS) is 25.9. The number of hydrogen-bond acceptors (Lipinski definition) is 2. The summed E-state index contributed by atoms with van der Waals surface area (Å²) in [6.07, 6.45) is 6.25. The van der Waals surface area contributed by atoms with Crippen molar-refractivity contribution in [3.05, 3.63) is 0 Å². The number of hydrogen-bond donors (Lipinski definition) is 2. The molecule has 0 aromatic heterocycles. The van der Waals surface area contributed by atoms with Crippen LogP contribution in [0.25, 0.3) is 0 Å².